The average molecular weight is 267 g/mol. The summed E-state index contributed by atoms with van der Waals surface area (Å²) in [5, 5.41) is 11.8. The van der Waals surface area contributed by atoms with Gasteiger partial charge in [0.1, 0.15) is 0 Å². The Kier molecular flexibility index (Phi) is 3.28. The normalized spacial score (nSPS) is 24.8. The molecule has 0 aromatic heterocycles. The summed E-state index contributed by atoms with van der Waals surface area (Å²) in [7, 11) is 0. The molecule has 18 heavy (non-hydrogen) atoms. The molecule has 1 N–H and O–H groups in total. The van der Waals surface area contributed by atoms with Gasteiger partial charge in [0.2, 0.25) is 0 Å². The summed E-state index contributed by atoms with van der Waals surface area (Å²) in [5.74, 6) is 0. The lowest BCUT2D eigenvalue weighted by atomic mass is 9.58. The van der Waals surface area contributed by atoms with Gasteiger partial charge < -0.3 is 5.11 Å². The molecular weight excluding hydrogens is 244 g/mol. The van der Waals surface area contributed by atoms with Crippen LogP contribution in [0.5, 0.6) is 0 Å². The van der Waals surface area contributed by atoms with Gasteiger partial charge in [0.05, 0.1) is 5.60 Å². The van der Waals surface area contributed by atoms with Crippen LogP contribution in [0.1, 0.15) is 52.5 Å². The van der Waals surface area contributed by atoms with E-state index < -0.39 is 5.60 Å². The molecule has 0 spiro atoms. The number of benzene rings is 1. The Bertz CT molecular complexity index is 432. The molecule has 0 aliphatic heterocycles. The zero-order valence-corrected chi connectivity index (χ0v) is 12.5. The van der Waals surface area contributed by atoms with Crippen molar-refractivity contribution in [3.63, 3.8) is 0 Å². The third kappa shape index (κ3) is 2.73. The SMILES string of the molecule is CC1(C)CC(C)(C)CC(O)(c2ccccc2Cl)C1. The van der Waals surface area contributed by atoms with Crippen LogP contribution >= 0.6 is 11.6 Å². The van der Waals surface area contributed by atoms with Gasteiger partial charge >= 0.3 is 0 Å². The first-order valence-corrected chi connectivity index (χ1v) is 6.99. The predicted molar refractivity (Wildman–Crippen MR) is 76.8 cm³/mol. The van der Waals surface area contributed by atoms with Crippen molar-refractivity contribution in [2.75, 3.05) is 0 Å². The quantitative estimate of drug-likeness (QED) is 0.777. The maximum Gasteiger partial charge on any atom is 0.0921 e. The van der Waals surface area contributed by atoms with Gasteiger partial charge in [-0.2, -0.15) is 0 Å². The predicted octanol–water partition coefficient (Wildman–Crippen LogP) is 4.76. The highest BCUT2D eigenvalue weighted by Crippen LogP contribution is 2.54. The fourth-order valence-corrected chi connectivity index (χ4v) is 4.41. The van der Waals surface area contributed by atoms with Gasteiger partial charge in [-0.25, -0.2) is 0 Å². The first-order chi connectivity index (χ1) is 8.14. The van der Waals surface area contributed by atoms with E-state index in [1.807, 2.05) is 24.3 Å². The summed E-state index contributed by atoms with van der Waals surface area (Å²) in [4.78, 5) is 0. The minimum absolute atomic E-state index is 0.135. The van der Waals surface area contributed by atoms with Crippen molar-refractivity contribution in [3.8, 4) is 0 Å². The number of hydrogen-bond acceptors (Lipinski definition) is 1. The Labute approximate surface area is 115 Å². The first kappa shape index (κ1) is 13.9. The molecule has 0 radical (unpaired) electrons. The van der Waals surface area contributed by atoms with Crippen LogP contribution in [0.2, 0.25) is 5.02 Å². The summed E-state index contributed by atoms with van der Waals surface area (Å²) >= 11 is 6.27. The van der Waals surface area contributed by atoms with Crippen LogP contribution in [-0.2, 0) is 5.60 Å². The zero-order chi connectivity index (χ0) is 13.6. The summed E-state index contributed by atoms with van der Waals surface area (Å²) in [6.07, 6.45) is 2.67. The van der Waals surface area contributed by atoms with E-state index in [2.05, 4.69) is 27.7 Å². The Balaban J connectivity index is 2.45. The Morgan fingerprint density at radius 1 is 0.944 bits per heavy atom. The van der Waals surface area contributed by atoms with Crippen LogP contribution in [0.3, 0.4) is 0 Å². The topological polar surface area (TPSA) is 20.2 Å². The molecule has 0 bridgehead atoms. The number of aliphatic hydroxyl groups is 1. The van der Waals surface area contributed by atoms with Crippen LogP contribution in [0.25, 0.3) is 0 Å². The van der Waals surface area contributed by atoms with Crippen LogP contribution in [-0.4, -0.2) is 5.11 Å². The van der Waals surface area contributed by atoms with Gasteiger partial charge in [-0.05, 0) is 36.2 Å². The monoisotopic (exact) mass is 266 g/mol. The van der Waals surface area contributed by atoms with Crippen LogP contribution in [0.4, 0.5) is 0 Å². The Morgan fingerprint density at radius 3 is 1.94 bits per heavy atom. The van der Waals surface area contributed by atoms with Crippen LogP contribution < -0.4 is 0 Å². The molecule has 0 heterocycles. The van der Waals surface area contributed by atoms with Gasteiger partial charge in [-0.15, -0.1) is 0 Å². The second kappa shape index (κ2) is 4.25. The second-order valence-electron chi connectivity index (χ2n) is 7.37. The minimum atomic E-state index is -0.802. The van der Waals surface area contributed by atoms with E-state index in [9.17, 15) is 5.11 Å². The van der Waals surface area contributed by atoms with Crippen molar-refractivity contribution in [1.29, 1.82) is 0 Å². The highest BCUT2D eigenvalue weighted by atomic mass is 35.5. The molecule has 100 valence electrons. The van der Waals surface area contributed by atoms with Gasteiger partial charge in [0.15, 0.2) is 0 Å². The zero-order valence-electron chi connectivity index (χ0n) is 11.8. The largest absolute Gasteiger partial charge is 0.385 e. The van der Waals surface area contributed by atoms with Gasteiger partial charge in [-0.1, -0.05) is 57.5 Å². The molecule has 1 nitrogen and oxygen atoms in total. The van der Waals surface area contributed by atoms with E-state index in [0.29, 0.717) is 5.02 Å². The first-order valence-electron chi connectivity index (χ1n) is 6.61. The molecule has 0 unspecified atom stereocenters. The molecule has 1 fully saturated rings. The lowest BCUT2D eigenvalue weighted by Crippen LogP contribution is -2.44. The van der Waals surface area contributed by atoms with E-state index in [1.54, 1.807) is 0 Å². The van der Waals surface area contributed by atoms with E-state index in [0.717, 1.165) is 24.8 Å². The van der Waals surface area contributed by atoms with E-state index in [1.165, 1.54) is 0 Å². The maximum atomic E-state index is 11.1. The highest BCUT2D eigenvalue weighted by molar-refractivity contribution is 6.31. The molecule has 0 atom stereocenters. The molecule has 0 amide bonds. The van der Waals surface area contributed by atoms with Crippen LogP contribution in [0.15, 0.2) is 24.3 Å². The molecule has 1 saturated carbocycles. The lowest BCUT2D eigenvalue weighted by Gasteiger charge is -2.50. The Hall–Kier alpha value is -0.530. The van der Waals surface area contributed by atoms with Crippen LogP contribution in [0, 0.1) is 10.8 Å². The molecular formula is C16H23ClO. The summed E-state index contributed by atoms with van der Waals surface area (Å²) < 4.78 is 0. The Morgan fingerprint density at radius 2 is 1.44 bits per heavy atom. The number of rotatable bonds is 1. The molecule has 0 saturated heterocycles. The molecule has 1 aliphatic rings. The average Bonchev–Trinajstić information content (AvgIpc) is 2.11. The van der Waals surface area contributed by atoms with Gasteiger partial charge in [0, 0.05) is 10.6 Å². The number of halogens is 1. The standard InChI is InChI=1S/C16H23ClO/c1-14(2)9-15(3,4)11-16(18,10-14)12-7-5-6-8-13(12)17/h5-8,18H,9-11H2,1-4H3. The minimum Gasteiger partial charge on any atom is -0.385 e. The summed E-state index contributed by atoms with van der Waals surface area (Å²) in [6, 6.07) is 7.69. The van der Waals surface area contributed by atoms with Gasteiger partial charge in [-0.3, -0.25) is 0 Å². The van der Waals surface area contributed by atoms with E-state index >= 15 is 0 Å². The molecule has 1 aromatic carbocycles. The molecule has 2 heteroatoms. The fourth-order valence-electron chi connectivity index (χ4n) is 4.10. The van der Waals surface area contributed by atoms with Crippen molar-refractivity contribution >= 4 is 11.6 Å². The maximum absolute atomic E-state index is 11.1. The second-order valence-corrected chi connectivity index (χ2v) is 7.78. The lowest BCUT2D eigenvalue weighted by molar-refractivity contribution is -0.0912. The fraction of sp³-hybridized carbons (Fsp3) is 0.625. The van der Waals surface area contributed by atoms with E-state index in [4.69, 9.17) is 11.6 Å². The third-order valence-electron chi connectivity index (χ3n) is 3.87. The van der Waals surface area contributed by atoms with Crippen molar-refractivity contribution in [2.24, 2.45) is 10.8 Å². The summed E-state index contributed by atoms with van der Waals surface area (Å²) in [6.45, 7) is 8.93. The van der Waals surface area contributed by atoms with Crippen molar-refractivity contribution < 1.29 is 5.11 Å². The van der Waals surface area contributed by atoms with Crippen molar-refractivity contribution in [2.45, 2.75) is 52.6 Å². The van der Waals surface area contributed by atoms with Crippen molar-refractivity contribution in [1.82, 2.24) is 0 Å². The van der Waals surface area contributed by atoms with E-state index in [-0.39, 0.29) is 10.8 Å². The molecule has 1 aliphatic carbocycles. The molecule has 1 aromatic rings. The summed E-state index contributed by atoms with van der Waals surface area (Å²) in [5.41, 5.74) is 0.349. The smallest absolute Gasteiger partial charge is 0.0921 e. The molecule has 2 rings (SSSR count). The highest BCUT2D eigenvalue weighted by Gasteiger charge is 2.47. The van der Waals surface area contributed by atoms with Gasteiger partial charge in [0.25, 0.3) is 0 Å². The third-order valence-corrected chi connectivity index (χ3v) is 4.20. The number of hydrogen-bond donors (Lipinski definition) is 1. The van der Waals surface area contributed by atoms with Crippen molar-refractivity contribution in [3.05, 3.63) is 34.9 Å².